The van der Waals surface area contributed by atoms with Crippen molar-refractivity contribution in [2.24, 2.45) is 0 Å². The minimum absolute atomic E-state index is 0. The predicted molar refractivity (Wildman–Crippen MR) is 86.3 cm³/mol. The third-order valence-corrected chi connectivity index (χ3v) is 4.09. The lowest BCUT2D eigenvalue weighted by molar-refractivity contribution is -0.115. The Hall–Kier alpha value is -1.15. The Morgan fingerprint density at radius 1 is 1.10 bits per heavy atom. The zero-order valence-corrected chi connectivity index (χ0v) is 13.8. The average Bonchev–Trinajstić information content (AvgIpc) is 2.44. The van der Waals surface area contributed by atoms with E-state index in [1.54, 1.807) is 19.1 Å². The quantitative estimate of drug-likeness (QED) is 0.626. The molecule has 6 nitrogen and oxygen atoms in total. The number of benzene rings is 1. The third kappa shape index (κ3) is 6.90. The second-order valence-electron chi connectivity index (χ2n) is 4.18. The van der Waals surface area contributed by atoms with Crippen LogP contribution >= 0.6 is 12.4 Å². The molecule has 0 spiro atoms. The number of halogens is 1. The monoisotopic (exact) mass is 335 g/mol. The van der Waals surface area contributed by atoms with Crippen LogP contribution < -0.4 is 15.4 Å². The first kappa shape index (κ1) is 19.9. The molecule has 0 atom stereocenters. The van der Waals surface area contributed by atoms with Crippen LogP contribution in [-0.4, -0.2) is 34.0 Å². The van der Waals surface area contributed by atoms with Crippen LogP contribution in [0.15, 0.2) is 29.2 Å². The average molecular weight is 336 g/mol. The molecule has 1 amide bonds. The fourth-order valence-corrected chi connectivity index (χ4v) is 2.53. The summed E-state index contributed by atoms with van der Waals surface area (Å²) in [7, 11) is -3.49. The molecule has 0 aliphatic heterocycles. The lowest BCUT2D eigenvalue weighted by Gasteiger charge is -2.08. The van der Waals surface area contributed by atoms with E-state index in [1.807, 2.05) is 6.92 Å². The fourth-order valence-electron chi connectivity index (χ4n) is 1.50. The van der Waals surface area contributed by atoms with Gasteiger partial charge in [0.2, 0.25) is 15.9 Å². The zero-order chi connectivity index (χ0) is 15.0. The molecule has 0 bridgehead atoms. The summed E-state index contributed by atoms with van der Waals surface area (Å²) in [6.07, 6.45) is 0.381. The van der Waals surface area contributed by atoms with Gasteiger partial charge in [-0.1, -0.05) is 13.8 Å². The number of carbonyl (C=O) groups is 1. The molecule has 120 valence electrons. The number of nitrogens with one attached hydrogen (secondary N) is 3. The molecule has 0 aliphatic carbocycles. The second kappa shape index (κ2) is 9.73. The molecule has 0 unspecified atom stereocenters. The second-order valence-corrected chi connectivity index (χ2v) is 5.94. The smallest absolute Gasteiger partial charge is 0.240 e. The van der Waals surface area contributed by atoms with Crippen molar-refractivity contribution in [2.75, 3.05) is 25.0 Å². The van der Waals surface area contributed by atoms with Gasteiger partial charge in [0.1, 0.15) is 0 Å². The van der Waals surface area contributed by atoms with Gasteiger partial charge in [0.15, 0.2) is 0 Å². The zero-order valence-electron chi connectivity index (χ0n) is 12.2. The Morgan fingerprint density at radius 2 is 1.71 bits per heavy atom. The van der Waals surface area contributed by atoms with E-state index in [0.29, 0.717) is 25.2 Å². The number of amides is 1. The highest BCUT2D eigenvalue weighted by molar-refractivity contribution is 7.89. The molecule has 0 radical (unpaired) electrons. The van der Waals surface area contributed by atoms with E-state index < -0.39 is 10.0 Å². The first-order valence-electron chi connectivity index (χ1n) is 6.60. The van der Waals surface area contributed by atoms with E-state index in [2.05, 4.69) is 15.4 Å². The van der Waals surface area contributed by atoms with Gasteiger partial charge in [0.05, 0.1) is 4.90 Å². The Morgan fingerprint density at radius 3 is 2.24 bits per heavy atom. The van der Waals surface area contributed by atoms with Crippen molar-refractivity contribution in [1.82, 2.24) is 10.0 Å². The van der Waals surface area contributed by atoms with E-state index >= 15 is 0 Å². The summed E-state index contributed by atoms with van der Waals surface area (Å²) in [5.41, 5.74) is 0.587. The molecule has 8 heteroatoms. The molecule has 1 aromatic carbocycles. The summed E-state index contributed by atoms with van der Waals surface area (Å²) in [6.45, 7) is 5.43. The number of hydrogen-bond acceptors (Lipinski definition) is 4. The topological polar surface area (TPSA) is 87.3 Å². The van der Waals surface area contributed by atoms with Crippen LogP contribution in [-0.2, 0) is 14.8 Å². The molecule has 0 saturated heterocycles. The summed E-state index contributed by atoms with van der Waals surface area (Å²) in [4.78, 5) is 11.4. The normalized spacial score (nSPS) is 10.8. The van der Waals surface area contributed by atoms with Crippen molar-refractivity contribution in [2.45, 2.75) is 25.2 Å². The van der Waals surface area contributed by atoms with Crippen LogP contribution in [0.2, 0.25) is 0 Å². The Balaban J connectivity index is 0.00000400. The number of likely N-dealkylation sites (N-methyl/N-ethyl adjacent to an activating group) is 1. The Bertz CT molecular complexity index is 532. The van der Waals surface area contributed by atoms with Gasteiger partial charge >= 0.3 is 0 Å². The minimum atomic E-state index is -3.49. The van der Waals surface area contributed by atoms with Gasteiger partial charge < -0.3 is 10.6 Å². The molecular weight excluding hydrogens is 314 g/mol. The fraction of sp³-hybridized carbons (Fsp3) is 0.462. The predicted octanol–water partition coefficient (Wildman–Crippen LogP) is 1.34. The van der Waals surface area contributed by atoms with Crippen molar-refractivity contribution in [1.29, 1.82) is 0 Å². The number of rotatable bonds is 8. The molecule has 21 heavy (non-hydrogen) atoms. The first-order valence-corrected chi connectivity index (χ1v) is 8.08. The van der Waals surface area contributed by atoms with Crippen molar-refractivity contribution < 1.29 is 13.2 Å². The maximum absolute atomic E-state index is 12.0. The van der Waals surface area contributed by atoms with Crippen LogP contribution in [0.4, 0.5) is 5.69 Å². The number of anilines is 1. The van der Waals surface area contributed by atoms with Gasteiger partial charge in [-0.25, -0.2) is 13.1 Å². The molecule has 0 aliphatic rings. The standard InChI is InChI=1S/C13H21N3O3S.ClH/c1-3-13(17)16-11-5-7-12(8-6-11)20(18,19)15-10-9-14-4-2;/h5-8,14-15H,3-4,9-10H2,1-2H3,(H,16,17);1H. The largest absolute Gasteiger partial charge is 0.326 e. The summed E-state index contributed by atoms with van der Waals surface area (Å²) >= 11 is 0. The molecule has 1 rings (SSSR count). The van der Waals surface area contributed by atoms with Crippen LogP contribution in [0.25, 0.3) is 0 Å². The van der Waals surface area contributed by atoms with Gasteiger partial charge in [0, 0.05) is 25.2 Å². The Kier molecular flexibility index (Phi) is 9.19. The van der Waals surface area contributed by atoms with E-state index in [1.165, 1.54) is 12.1 Å². The van der Waals surface area contributed by atoms with Crippen molar-refractivity contribution >= 4 is 34.0 Å². The van der Waals surface area contributed by atoms with Crippen molar-refractivity contribution in [3.8, 4) is 0 Å². The molecule has 0 aromatic heterocycles. The highest BCUT2D eigenvalue weighted by Crippen LogP contribution is 2.13. The van der Waals surface area contributed by atoms with Gasteiger partial charge in [0.25, 0.3) is 0 Å². The lowest BCUT2D eigenvalue weighted by Crippen LogP contribution is -2.31. The molecule has 0 fully saturated rings. The van der Waals surface area contributed by atoms with E-state index in [4.69, 9.17) is 0 Å². The lowest BCUT2D eigenvalue weighted by atomic mass is 10.3. The number of sulfonamides is 1. The third-order valence-electron chi connectivity index (χ3n) is 2.61. The number of carbonyl (C=O) groups excluding carboxylic acids is 1. The summed E-state index contributed by atoms with van der Waals surface area (Å²) in [5.74, 6) is -0.107. The molecule has 1 aromatic rings. The summed E-state index contributed by atoms with van der Waals surface area (Å²) in [6, 6.07) is 6.10. The van der Waals surface area contributed by atoms with Crippen LogP contribution in [0.3, 0.4) is 0 Å². The van der Waals surface area contributed by atoms with Crippen LogP contribution in [0, 0.1) is 0 Å². The van der Waals surface area contributed by atoms with Crippen molar-refractivity contribution in [3.63, 3.8) is 0 Å². The van der Waals surface area contributed by atoms with E-state index in [0.717, 1.165) is 6.54 Å². The molecule has 3 N–H and O–H groups in total. The number of hydrogen-bond donors (Lipinski definition) is 3. The van der Waals surface area contributed by atoms with E-state index in [-0.39, 0.29) is 23.2 Å². The Labute approximate surface area is 132 Å². The van der Waals surface area contributed by atoms with E-state index in [9.17, 15) is 13.2 Å². The van der Waals surface area contributed by atoms with Crippen molar-refractivity contribution in [3.05, 3.63) is 24.3 Å². The van der Waals surface area contributed by atoms with Gasteiger partial charge in [-0.2, -0.15) is 0 Å². The summed E-state index contributed by atoms with van der Waals surface area (Å²) in [5, 5.41) is 5.70. The highest BCUT2D eigenvalue weighted by Gasteiger charge is 2.12. The SMILES string of the molecule is CCNCCNS(=O)(=O)c1ccc(NC(=O)CC)cc1.Cl. The van der Waals surface area contributed by atoms with Gasteiger partial charge in [-0.15, -0.1) is 12.4 Å². The minimum Gasteiger partial charge on any atom is -0.326 e. The summed E-state index contributed by atoms with van der Waals surface area (Å²) < 4.78 is 26.4. The molecule has 0 heterocycles. The van der Waals surface area contributed by atoms with Gasteiger partial charge in [-0.3, -0.25) is 4.79 Å². The molecular formula is C13H22ClN3O3S. The van der Waals surface area contributed by atoms with Gasteiger partial charge in [-0.05, 0) is 30.8 Å². The molecule has 0 saturated carbocycles. The van der Waals surface area contributed by atoms with Crippen LogP contribution in [0.5, 0.6) is 0 Å². The first-order chi connectivity index (χ1) is 9.49. The maximum atomic E-state index is 12.0. The highest BCUT2D eigenvalue weighted by atomic mass is 35.5. The van der Waals surface area contributed by atoms with Crippen LogP contribution in [0.1, 0.15) is 20.3 Å². The maximum Gasteiger partial charge on any atom is 0.240 e.